The number of benzene rings is 1. The number of carboxylic acid groups (broad SMARTS) is 2. The first-order valence-corrected chi connectivity index (χ1v) is 8.35. The SMILES string of the molecule is NC(N)=NN=CC=Cc1cccn1-c1ccccc1[N+](=O)[O-].O=C(O)CCC(=O)O. The van der Waals surface area contributed by atoms with Crippen LogP contribution >= 0.6 is 0 Å². The van der Waals surface area contributed by atoms with Crippen LogP contribution in [0.15, 0.2) is 58.9 Å². The van der Waals surface area contributed by atoms with Gasteiger partial charge in [-0.15, -0.1) is 5.10 Å². The van der Waals surface area contributed by atoms with Gasteiger partial charge in [-0.05, 0) is 30.4 Å². The lowest BCUT2D eigenvalue weighted by Crippen LogP contribution is -2.21. The van der Waals surface area contributed by atoms with Gasteiger partial charge in [0.1, 0.15) is 5.69 Å². The first-order chi connectivity index (χ1) is 14.2. The highest BCUT2D eigenvalue weighted by molar-refractivity contribution is 5.80. The molecule has 30 heavy (non-hydrogen) atoms. The molecule has 1 heterocycles. The third kappa shape index (κ3) is 8.47. The normalized spacial score (nSPS) is 10.4. The second-order valence-electron chi connectivity index (χ2n) is 5.48. The number of para-hydroxylation sites is 2. The first-order valence-electron chi connectivity index (χ1n) is 8.35. The third-order valence-electron chi connectivity index (χ3n) is 3.26. The van der Waals surface area contributed by atoms with Crippen molar-refractivity contribution in [2.75, 3.05) is 0 Å². The standard InChI is InChI=1S/C14H14N6O2.C4H6O4/c15-14(16)18-17-9-3-5-11-6-4-10-19(11)12-7-1-2-8-13(12)20(21)22;5-3(6)1-2-4(7)8/h1-10H,(H4,15,16,18);1-2H2,(H,5,6)(H,7,8). The van der Waals surface area contributed by atoms with Crippen LogP contribution in [0.1, 0.15) is 18.5 Å². The van der Waals surface area contributed by atoms with Crippen LogP contribution in [-0.2, 0) is 9.59 Å². The summed E-state index contributed by atoms with van der Waals surface area (Å²) < 4.78 is 1.71. The van der Waals surface area contributed by atoms with Gasteiger partial charge in [0.25, 0.3) is 5.69 Å². The maximum absolute atomic E-state index is 11.1. The summed E-state index contributed by atoms with van der Waals surface area (Å²) in [7, 11) is 0. The molecule has 0 fully saturated rings. The Morgan fingerprint density at radius 1 is 1.10 bits per heavy atom. The van der Waals surface area contributed by atoms with Gasteiger partial charge in [0, 0.05) is 24.2 Å². The lowest BCUT2D eigenvalue weighted by atomic mass is 10.2. The first kappa shape index (κ1) is 23.6. The number of carboxylic acids is 2. The fourth-order valence-electron chi connectivity index (χ4n) is 2.07. The predicted octanol–water partition coefficient (Wildman–Crippen LogP) is 1.59. The van der Waals surface area contributed by atoms with E-state index in [9.17, 15) is 19.7 Å². The van der Waals surface area contributed by atoms with Crippen molar-refractivity contribution in [3.05, 3.63) is 64.5 Å². The van der Waals surface area contributed by atoms with Crippen LogP contribution in [0.25, 0.3) is 11.8 Å². The van der Waals surface area contributed by atoms with E-state index in [2.05, 4.69) is 10.2 Å². The molecular weight excluding hydrogens is 396 g/mol. The minimum absolute atomic E-state index is 0.0301. The van der Waals surface area contributed by atoms with Crippen LogP contribution < -0.4 is 11.5 Å². The molecule has 6 N–H and O–H groups in total. The second-order valence-corrected chi connectivity index (χ2v) is 5.48. The van der Waals surface area contributed by atoms with Gasteiger partial charge in [-0.2, -0.15) is 5.10 Å². The molecule has 12 heteroatoms. The number of hydrogen-bond acceptors (Lipinski definition) is 6. The molecule has 0 saturated carbocycles. The maximum Gasteiger partial charge on any atom is 0.303 e. The summed E-state index contributed by atoms with van der Waals surface area (Å²) in [4.78, 5) is 30.0. The molecule has 1 aromatic carbocycles. The Bertz CT molecular complexity index is 961. The smallest absolute Gasteiger partial charge is 0.303 e. The van der Waals surface area contributed by atoms with E-state index in [1.807, 2.05) is 6.07 Å². The van der Waals surface area contributed by atoms with Gasteiger partial charge < -0.3 is 26.2 Å². The molecule has 0 saturated heterocycles. The zero-order chi connectivity index (χ0) is 22.5. The molecule has 2 aromatic rings. The molecule has 12 nitrogen and oxygen atoms in total. The highest BCUT2D eigenvalue weighted by atomic mass is 16.6. The molecule has 0 bridgehead atoms. The molecule has 2 rings (SSSR count). The third-order valence-corrected chi connectivity index (χ3v) is 3.26. The van der Waals surface area contributed by atoms with E-state index >= 15 is 0 Å². The van der Waals surface area contributed by atoms with Gasteiger partial charge in [-0.1, -0.05) is 12.1 Å². The number of guanidine groups is 1. The second kappa shape index (κ2) is 12.1. The van der Waals surface area contributed by atoms with Crippen LogP contribution in [0, 0.1) is 10.1 Å². The molecule has 0 atom stereocenters. The van der Waals surface area contributed by atoms with Crippen LogP contribution in [0.3, 0.4) is 0 Å². The van der Waals surface area contributed by atoms with E-state index < -0.39 is 16.9 Å². The van der Waals surface area contributed by atoms with E-state index in [4.69, 9.17) is 21.7 Å². The van der Waals surface area contributed by atoms with Crippen molar-refractivity contribution in [1.82, 2.24) is 4.57 Å². The number of nitro benzene ring substituents is 1. The van der Waals surface area contributed by atoms with E-state index in [1.165, 1.54) is 12.3 Å². The fraction of sp³-hybridized carbons (Fsp3) is 0.111. The van der Waals surface area contributed by atoms with Gasteiger partial charge in [0.05, 0.1) is 17.8 Å². The minimum atomic E-state index is -1.08. The highest BCUT2D eigenvalue weighted by Crippen LogP contribution is 2.24. The average Bonchev–Trinajstić information content (AvgIpc) is 3.14. The quantitative estimate of drug-likeness (QED) is 0.215. The molecule has 0 aliphatic heterocycles. The van der Waals surface area contributed by atoms with E-state index in [-0.39, 0.29) is 24.5 Å². The molecule has 0 amide bonds. The predicted molar refractivity (Wildman–Crippen MR) is 110 cm³/mol. The molecular formula is C18H20N6O6. The van der Waals surface area contributed by atoms with E-state index in [0.717, 1.165) is 5.69 Å². The Balaban J connectivity index is 0.000000479. The summed E-state index contributed by atoms with van der Waals surface area (Å²) in [6.07, 6.45) is 5.94. The number of allylic oxidation sites excluding steroid dienone is 1. The Hall–Kier alpha value is -4.48. The van der Waals surface area contributed by atoms with Crippen molar-refractivity contribution >= 4 is 35.9 Å². The van der Waals surface area contributed by atoms with Crippen molar-refractivity contribution in [3.63, 3.8) is 0 Å². The Morgan fingerprint density at radius 3 is 2.30 bits per heavy atom. The number of aliphatic carboxylic acids is 2. The van der Waals surface area contributed by atoms with Crippen molar-refractivity contribution in [3.8, 4) is 5.69 Å². The van der Waals surface area contributed by atoms with Crippen LogP contribution in [0.2, 0.25) is 0 Å². The van der Waals surface area contributed by atoms with Gasteiger partial charge >= 0.3 is 11.9 Å². The Labute approximate surface area is 170 Å². The maximum atomic E-state index is 11.1. The molecule has 158 valence electrons. The summed E-state index contributed by atoms with van der Waals surface area (Å²) >= 11 is 0. The van der Waals surface area contributed by atoms with E-state index in [0.29, 0.717) is 5.69 Å². The van der Waals surface area contributed by atoms with Gasteiger partial charge in [-0.3, -0.25) is 19.7 Å². The number of nitrogens with two attached hydrogens (primary N) is 2. The summed E-state index contributed by atoms with van der Waals surface area (Å²) in [5, 5.41) is 34.0. The number of hydrogen-bond donors (Lipinski definition) is 4. The fourth-order valence-corrected chi connectivity index (χ4v) is 2.07. The summed E-state index contributed by atoms with van der Waals surface area (Å²) in [6.45, 7) is 0. The number of carbonyl (C=O) groups is 2. The van der Waals surface area contributed by atoms with Crippen LogP contribution in [0.4, 0.5) is 5.69 Å². The van der Waals surface area contributed by atoms with Crippen LogP contribution in [-0.4, -0.2) is 43.8 Å². The molecule has 1 aromatic heterocycles. The van der Waals surface area contributed by atoms with Crippen molar-refractivity contribution < 1.29 is 24.7 Å². The van der Waals surface area contributed by atoms with Gasteiger partial charge in [0.15, 0.2) is 0 Å². The topological polar surface area (TPSA) is 199 Å². The zero-order valence-electron chi connectivity index (χ0n) is 15.7. The summed E-state index contributed by atoms with van der Waals surface area (Å²) in [5.74, 6) is -2.28. The molecule has 0 aliphatic carbocycles. The highest BCUT2D eigenvalue weighted by Gasteiger charge is 2.14. The lowest BCUT2D eigenvalue weighted by molar-refractivity contribution is -0.384. The molecule has 0 aliphatic rings. The Kier molecular flexibility index (Phi) is 9.48. The van der Waals surface area contributed by atoms with Crippen molar-refractivity contribution in [1.29, 1.82) is 0 Å². The zero-order valence-corrected chi connectivity index (χ0v) is 15.7. The van der Waals surface area contributed by atoms with Crippen LogP contribution in [0.5, 0.6) is 0 Å². The largest absolute Gasteiger partial charge is 0.481 e. The summed E-state index contributed by atoms with van der Waals surface area (Å²) in [5.41, 5.74) is 11.5. The lowest BCUT2D eigenvalue weighted by Gasteiger charge is -2.06. The molecule has 0 unspecified atom stereocenters. The summed E-state index contributed by atoms with van der Waals surface area (Å²) in [6, 6.07) is 10.1. The van der Waals surface area contributed by atoms with Gasteiger partial charge in [0.2, 0.25) is 5.96 Å². The van der Waals surface area contributed by atoms with Crippen molar-refractivity contribution in [2.24, 2.45) is 21.7 Å². The van der Waals surface area contributed by atoms with Gasteiger partial charge in [-0.25, -0.2) is 0 Å². The Morgan fingerprint density at radius 2 is 1.73 bits per heavy atom. The number of aromatic nitrogens is 1. The minimum Gasteiger partial charge on any atom is -0.481 e. The molecule has 0 spiro atoms. The number of nitro groups is 1. The monoisotopic (exact) mass is 416 g/mol. The van der Waals surface area contributed by atoms with Crippen molar-refractivity contribution in [2.45, 2.75) is 12.8 Å². The van der Waals surface area contributed by atoms with E-state index in [1.54, 1.807) is 47.2 Å². The number of nitrogens with zero attached hydrogens (tertiary/aromatic N) is 4. The average molecular weight is 416 g/mol. The number of rotatable bonds is 8. The molecule has 0 radical (unpaired) electrons.